The maximum Gasteiger partial charge on any atom is 0.438 e. The van der Waals surface area contributed by atoms with E-state index in [0.717, 1.165) is 0 Å². The Morgan fingerprint density at radius 3 is 1.25 bits per heavy atom. The standard InChI is InChI=1S/C2.2Al.2H2N.2H2O/c1-2;;;;;;/h;;;4*1H2/q;2*+1;2*-1;;. The summed E-state index contributed by atoms with van der Waals surface area (Å²) in [6.07, 6.45) is 0. The van der Waals surface area contributed by atoms with E-state index in [1.165, 1.54) is 0 Å². The summed E-state index contributed by atoms with van der Waals surface area (Å²) in [5, 5.41) is 0. The molecule has 0 saturated carbocycles. The third-order valence-electron chi connectivity index (χ3n) is 0.250. The van der Waals surface area contributed by atoms with E-state index in [-0.39, 0.29) is 41.8 Å². The second-order valence-corrected chi connectivity index (χ2v) is 1.87. The molecule has 0 atom stereocenters. The highest BCUT2D eigenvalue weighted by atomic mass is 27.1. The molecular formula is C2H8Al2N2O2. The monoisotopic (exact) mass is 146 g/mol. The molecule has 0 heterocycles. The largest absolute Gasteiger partial charge is 0.438 e. The summed E-state index contributed by atoms with van der Waals surface area (Å²) in [5.41, 5.74) is 0. The molecule has 0 aliphatic carbocycles. The lowest BCUT2D eigenvalue weighted by atomic mass is 11.4. The molecule has 8 N–H and O–H groups in total. The van der Waals surface area contributed by atoms with Crippen molar-refractivity contribution in [1.29, 1.82) is 0 Å². The van der Waals surface area contributed by atoms with Crippen LogP contribution in [0.1, 0.15) is 0 Å². The van der Waals surface area contributed by atoms with Gasteiger partial charge in [-0.1, -0.05) is 0 Å². The topological polar surface area (TPSA) is 115 Å². The highest BCUT2D eigenvalue weighted by molar-refractivity contribution is 6.49. The lowest BCUT2D eigenvalue weighted by molar-refractivity contribution is 0.823. The van der Waals surface area contributed by atoms with Gasteiger partial charge in [0.2, 0.25) is 0 Å². The van der Waals surface area contributed by atoms with Gasteiger partial charge in [-0.2, -0.15) is 0 Å². The van der Waals surface area contributed by atoms with Gasteiger partial charge in [0.05, 0.1) is 0 Å². The van der Waals surface area contributed by atoms with Gasteiger partial charge in [0.15, 0.2) is 0 Å². The first kappa shape index (κ1) is 15.8. The molecule has 0 amide bonds. The fourth-order valence-corrected chi connectivity index (χ4v) is 0.866. The Bertz CT molecular complexity index is 69.8. The smallest absolute Gasteiger partial charge is 0.412 e. The summed E-state index contributed by atoms with van der Waals surface area (Å²) in [5.74, 6) is 0. The quantitative estimate of drug-likeness (QED) is 0.271. The van der Waals surface area contributed by atoms with Crippen LogP contribution in [0.25, 0.3) is 0 Å². The van der Waals surface area contributed by atoms with Gasteiger partial charge in [-0.3, -0.25) is 0 Å². The minimum atomic E-state index is -0.136. The molecule has 4 nitrogen and oxygen atoms in total. The van der Waals surface area contributed by atoms with Gasteiger partial charge in [-0.15, -0.1) is 0 Å². The normalized spacial score (nSPS) is 3.75. The maximum absolute atomic E-state index is 5.08. The summed E-state index contributed by atoms with van der Waals surface area (Å²) in [7, 11) is 0. The third-order valence-corrected chi connectivity index (χ3v) is 1.25. The van der Waals surface area contributed by atoms with Crippen LogP contribution < -0.4 is 9.43 Å². The highest BCUT2D eigenvalue weighted by Gasteiger charge is 1.68. The van der Waals surface area contributed by atoms with Crippen molar-refractivity contribution < 1.29 is 11.0 Å². The summed E-state index contributed by atoms with van der Waals surface area (Å²) >= 11 is -0.273. The first-order chi connectivity index (χ1) is 2.91. The molecule has 0 fully saturated rings. The Kier molecular flexibility index (Phi) is 30.9. The van der Waals surface area contributed by atoms with Crippen molar-refractivity contribution in [2.45, 2.75) is 0 Å². The minimum Gasteiger partial charge on any atom is -0.412 e. The van der Waals surface area contributed by atoms with Crippen LogP contribution in [0.5, 0.6) is 0 Å². The van der Waals surface area contributed by atoms with Crippen LogP contribution in [-0.4, -0.2) is 41.8 Å². The molecule has 0 aliphatic rings. The van der Waals surface area contributed by atoms with Crippen molar-refractivity contribution in [2.75, 3.05) is 0 Å². The maximum atomic E-state index is 5.08. The number of hydrogen-bond donors (Lipinski definition) is 2. The zero-order valence-corrected chi connectivity index (χ0v) is 6.62. The van der Waals surface area contributed by atoms with Crippen LogP contribution in [0.3, 0.4) is 0 Å². The average molecular weight is 146 g/mol. The van der Waals surface area contributed by atoms with Crippen molar-refractivity contribution in [1.82, 2.24) is 0 Å². The van der Waals surface area contributed by atoms with E-state index >= 15 is 0 Å². The van der Waals surface area contributed by atoms with Crippen molar-refractivity contribution in [2.24, 2.45) is 9.43 Å². The summed E-state index contributed by atoms with van der Waals surface area (Å²) in [6.45, 7) is 0. The van der Waals surface area contributed by atoms with Crippen molar-refractivity contribution in [3.63, 3.8) is 0 Å². The fraction of sp³-hybridized carbons (Fsp3) is 0. The Balaban J connectivity index is -0.000000125. The number of hydrogen-bond acceptors (Lipinski definition) is 2. The van der Waals surface area contributed by atoms with E-state index in [4.69, 9.17) is 9.43 Å². The van der Waals surface area contributed by atoms with Gasteiger partial charge < -0.3 is 20.4 Å². The van der Waals surface area contributed by atoms with Gasteiger partial charge in [0.25, 0.3) is 0 Å². The Hall–Kier alpha value is 0.465. The molecule has 0 spiro atoms. The van der Waals surface area contributed by atoms with Crippen LogP contribution >= 0.6 is 0 Å². The molecule has 44 valence electrons. The van der Waals surface area contributed by atoms with Crippen LogP contribution in [0.15, 0.2) is 0 Å². The highest BCUT2D eigenvalue weighted by Crippen LogP contribution is 1.35. The fourth-order valence-electron chi connectivity index (χ4n) is 0.0962. The van der Waals surface area contributed by atoms with E-state index in [1.54, 1.807) is 0 Å². The predicted octanol–water partition coefficient (Wildman–Crippen LogP) is -3.59. The lowest BCUT2D eigenvalue weighted by Crippen LogP contribution is -2.04. The first-order valence-electron chi connectivity index (χ1n) is 1.49. The zero-order valence-electron chi connectivity index (χ0n) is 4.31. The molecule has 0 aliphatic heterocycles. The van der Waals surface area contributed by atoms with E-state index in [9.17, 15) is 0 Å². The van der Waals surface area contributed by atoms with Gasteiger partial charge in [-0.05, 0) is 0 Å². The SMILES string of the molecule is O.O.[NH2][Al][C]#[C][Al][NH2]. The van der Waals surface area contributed by atoms with E-state index < -0.39 is 0 Å². The molecular weight excluding hydrogens is 138 g/mol. The Morgan fingerprint density at radius 1 is 0.875 bits per heavy atom. The molecule has 0 unspecified atom stereocenters. The molecule has 0 aromatic carbocycles. The van der Waals surface area contributed by atoms with E-state index in [1.807, 2.05) is 0 Å². The zero-order chi connectivity index (χ0) is 4.83. The molecule has 0 aromatic heterocycles. The van der Waals surface area contributed by atoms with Gasteiger partial charge in [0, 0.05) is 0 Å². The average Bonchev–Trinajstić information content (AvgIpc) is 1.61. The molecule has 8 heavy (non-hydrogen) atoms. The van der Waals surface area contributed by atoms with Crippen LogP contribution in [-0.2, 0) is 0 Å². The Labute approximate surface area is 61.1 Å². The second-order valence-electron chi connectivity index (χ2n) is 0.622. The molecule has 6 heteroatoms. The van der Waals surface area contributed by atoms with Crippen LogP contribution in [0.4, 0.5) is 0 Å². The second kappa shape index (κ2) is 15.7. The van der Waals surface area contributed by atoms with Gasteiger partial charge in [-0.25, -0.2) is 9.56 Å². The van der Waals surface area contributed by atoms with Crippen molar-refractivity contribution in [3.05, 3.63) is 0 Å². The first-order valence-corrected chi connectivity index (χ1v) is 3.98. The van der Waals surface area contributed by atoms with Gasteiger partial charge in [0.1, 0.15) is 0 Å². The Morgan fingerprint density at radius 2 is 1.12 bits per heavy atom. The number of rotatable bonds is 0. The minimum absolute atomic E-state index is 0. The molecule has 2 radical (unpaired) electrons. The third kappa shape index (κ3) is 16.1. The molecule has 0 rings (SSSR count). The molecule has 0 saturated heterocycles. The summed E-state index contributed by atoms with van der Waals surface area (Å²) in [6, 6.07) is 0. The van der Waals surface area contributed by atoms with E-state index in [0.29, 0.717) is 0 Å². The van der Waals surface area contributed by atoms with Crippen LogP contribution in [0, 0.1) is 9.56 Å². The molecule has 0 bridgehead atoms. The summed E-state index contributed by atoms with van der Waals surface area (Å²) < 4.78 is 10.2. The molecule has 0 aromatic rings. The predicted molar refractivity (Wildman–Crippen MR) is 34.9 cm³/mol. The van der Waals surface area contributed by atoms with Gasteiger partial charge >= 0.3 is 30.9 Å². The summed E-state index contributed by atoms with van der Waals surface area (Å²) in [4.78, 5) is 5.44. The lowest BCUT2D eigenvalue weighted by Gasteiger charge is -1.61. The van der Waals surface area contributed by atoms with Crippen LogP contribution in [0.2, 0.25) is 0 Å². The van der Waals surface area contributed by atoms with E-state index in [2.05, 4.69) is 9.56 Å². The number of nitrogens with two attached hydrogens (primary N) is 2. The van der Waals surface area contributed by atoms with Crippen molar-refractivity contribution >= 4 is 30.9 Å². The van der Waals surface area contributed by atoms with Crippen molar-refractivity contribution in [3.8, 4) is 9.56 Å².